The highest BCUT2D eigenvalue weighted by Crippen LogP contribution is 2.30. The van der Waals surface area contributed by atoms with E-state index in [1.54, 1.807) is 36.2 Å². The molecule has 1 aromatic heterocycles. The summed E-state index contributed by atoms with van der Waals surface area (Å²) in [6.07, 6.45) is 1.66. The van der Waals surface area contributed by atoms with E-state index in [-0.39, 0.29) is 5.82 Å². The zero-order chi connectivity index (χ0) is 14.5. The van der Waals surface area contributed by atoms with Crippen LogP contribution in [0.25, 0.3) is 0 Å². The Balaban J connectivity index is 2.40. The van der Waals surface area contributed by atoms with Crippen LogP contribution < -0.4 is 11.3 Å². The molecule has 0 saturated heterocycles. The molecule has 1 unspecified atom stereocenters. The fraction of sp³-hybridized carbons (Fsp3) is 0.308. The van der Waals surface area contributed by atoms with Crippen LogP contribution in [0.15, 0.2) is 34.9 Å². The first kappa shape index (κ1) is 15.1. The maximum Gasteiger partial charge on any atom is 0.129 e. The number of aromatic nitrogens is 2. The normalized spacial score (nSPS) is 12.6. The maximum atomic E-state index is 14.1. The lowest BCUT2D eigenvalue weighted by molar-refractivity contribution is 0.182. The highest BCUT2D eigenvalue weighted by molar-refractivity contribution is 9.10. The van der Waals surface area contributed by atoms with Crippen LogP contribution in [0.5, 0.6) is 0 Å². The van der Waals surface area contributed by atoms with Gasteiger partial charge in [0.15, 0.2) is 0 Å². The molecule has 0 aliphatic rings. The van der Waals surface area contributed by atoms with Crippen LogP contribution in [0.2, 0.25) is 0 Å². The topological polar surface area (TPSA) is 65.1 Å². The fourth-order valence-electron chi connectivity index (χ4n) is 2.06. The smallest absolute Gasteiger partial charge is 0.129 e. The molecule has 0 radical (unpaired) electrons. The van der Waals surface area contributed by atoms with Gasteiger partial charge < -0.3 is 4.74 Å². The molecule has 0 aliphatic carbocycles. The molecule has 0 amide bonds. The van der Waals surface area contributed by atoms with E-state index in [0.717, 1.165) is 5.69 Å². The van der Waals surface area contributed by atoms with Gasteiger partial charge in [-0.1, -0.05) is 22.0 Å². The van der Waals surface area contributed by atoms with Crippen molar-refractivity contribution in [3.8, 4) is 0 Å². The average molecular weight is 343 g/mol. The monoisotopic (exact) mass is 342 g/mol. The summed E-state index contributed by atoms with van der Waals surface area (Å²) in [7, 11) is 1.62. The molecule has 3 N–H and O–H groups in total. The van der Waals surface area contributed by atoms with E-state index in [9.17, 15) is 4.39 Å². The van der Waals surface area contributed by atoms with Crippen LogP contribution in [-0.2, 0) is 11.3 Å². The SMILES string of the molecule is COCCn1nccc1C(NN)c1c(F)cccc1Br. The predicted octanol–water partition coefficient (Wildman–Crippen LogP) is 1.98. The first-order valence-electron chi connectivity index (χ1n) is 6.09. The average Bonchev–Trinajstić information content (AvgIpc) is 2.89. The molecule has 2 rings (SSSR count). The summed E-state index contributed by atoms with van der Waals surface area (Å²) in [5.41, 5.74) is 3.87. The van der Waals surface area contributed by atoms with Gasteiger partial charge in [-0.25, -0.2) is 9.82 Å². The van der Waals surface area contributed by atoms with Gasteiger partial charge in [0, 0.05) is 23.3 Å². The minimum Gasteiger partial charge on any atom is -0.383 e. The minimum atomic E-state index is -0.495. The molecule has 1 aromatic carbocycles. The second-order valence-electron chi connectivity index (χ2n) is 4.21. The highest BCUT2D eigenvalue weighted by atomic mass is 79.9. The highest BCUT2D eigenvalue weighted by Gasteiger charge is 2.22. The van der Waals surface area contributed by atoms with E-state index in [1.807, 2.05) is 0 Å². The van der Waals surface area contributed by atoms with Gasteiger partial charge in [0.2, 0.25) is 0 Å². The largest absolute Gasteiger partial charge is 0.383 e. The number of methoxy groups -OCH3 is 1. The number of nitrogens with one attached hydrogen (secondary N) is 1. The summed E-state index contributed by atoms with van der Waals surface area (Å²) < 4.78 is 21.5. The zero-order valence-electron chi connectivity index (χ0n) is 11.0. The Morgan fingerprint density at radius 1 is 1.50 bits per heavy atom. The van der Waals surface area contributed by atoms with Gasteiger partial charge in [0.1, 0.15) is 5.82 Å². The van der Waals surface area contributed by atoms with Crippen molar-refractivity contribution in [2.75, 3.05) is 13.7 Å². The quantitative estimate of drug-likeness (QED) is 0.622. The first-order valence-corrected chi connectivity index (χ1v) is 6.89. The summed E-state index contributed by atoms with van der Waals surface area (Å²) in [4.78, 5) is 0. The van der Waals surface area contributed by atoms with E-state index in [4.69, 9.17) is 10.6 Å². The van der Waals surface area contributed by atoms with E-state index >= 15 is 0 Å². The van der Waals surface area contributed by atoms with Gasteiger partial charge in [-0.05, 0) is 18.2 Å². The molecule has 20 heavy (non-hydrogen) atoms. The van der Waals surface area contributed by atoms with Crippen LogP contribution >= 0.6 is 15.9 Å². The third kappa shape index (κ3) is 3.06. The van der Waals surface area contributed by atoms with Gasteiger partial charge in [0.05, 0.1) is 24.9 Å². The Kier molecular flexibility index (Phi) is 5.24. The number of hydrogen-bond donors (Lipinski definition) is 2. The molecule has 1 heterocycles. The van der Waals surface area contributed by atoms with Crippen LogP contribution in [0.4, 0.5) is 4.39 Å². The Hall–Kier alpha value is -1.28. The molecule has 5 nitrogen and oxygen atoms in total. The van der Waals surface area contributed by atoms with Crippen LogP contribution in [0.3, 0.4) is 0 Å². The second kappa shape index (κ2) is 6.94. The molecule has 108 valence electrons. The summed E-state index contributed by atoms with van der Waals surface area (Å²) in [6, 6.07) is 6.13. The van der Waals surface area contributed by atoms with Crippen LogP contribution in [-0.4, -0.2) is 23.5 Å². The Morgan fingerprint density at radius 2 is 2.30 bits per heavy atom. The summed E-state index contributed by atoms with van der Waals surface area (Å²) in [6.45, 7) is 1.09. The van der Waals surface area contributed by atoms with Crippen LogP contribution in [0.1, 0.15) is 17.3 Å². The van der Waals surface area contributed by atoms with Gasteiger partial charge >= 0.3 is 0 Å². The summed E-state index contributed by atoms with van der Waals surface area (Å²) in [5.74, 6) is 5.29. The molecule has 2 aromatic rings. The first-order chi connectivity index (χ1) is 9.69. The van der Waals surface area contributed by atoms with Gasteiger partial charge in [-0.15, -0.1) is 0 Å². The number of hydrazine groups is 1. The van der Waals surface area contributed by atoms with Crippen molar-refractivity contribution in [3.63, 3.8) is 0 Å². The van der Waals surface area contributed by atoms with E-state index in [1.165, 1.54) is 6.07 Å². The van der Waals surface area contributed by atoms with Crippen molar-refractivity contribution in [1.29, 1.82) is 0 Å². The van der Waals surface area contributed by atoms with E-state index in [0.29, 0.717) is 23.2 Å². The van der Waals surface area contributed by atoms with Crippen molar-refractivity contribution < 1.29 is 9.13 Å². The lowest BCUT2D eigenvalue weighted by Gasteiger charge is -2.20. The maximum absolute atomic E-state index is 14.1. The summed E-state index contributed by atoms with van der Waals surface area (Å²) >= 11 is 3.36. The van der Waals surface area contributed by atoms with Crippen molar-refractivity contribution in [3.05, 3.63) is 52.0 Å². The number of rotatable bonds is 6. The minimum absolute atomic E-state index is 0.332. The Labute approximate surface area is 125 Å². The molecular weight excluding hydrogens is 327 g/mol. The van der Waals surface area contributed by atoms with Crippen molar-refractivity contribution in [1.82, 2.24) is 15.2 Å². The van der Waals surface area contributed by atoms with Gasteiger partial charge in [-0.3, -0.25) is 10.5 Å². The van der Waals surface area contributed by atoms with E-state index < -0.39 is 6.04 Å². The molecule has 0 spiro atoms. The standard InChI is InChI=1S/C13H16BrFN4O/c1-20-8-7-19-11(5-6-17-19)13(18-16)12-9(14)3-2-4-10(12)15/h2-6,13,18H,7-8,16H2,1H3. The predicted molar refractivity (Wildman–Crippen MR) is 77.4 cm³/mol. The molecule has 0 aliphatic heterocycles. The third-order valence-corrected chi connectivity index (χ3v) is 3.70. The lowest BCUT2D eigenvalue weighted by Crippen LogP contribution is -2.32. The number of benzene rings is 1. The number of halogens is 2. The van der Waals surface area contributed by atoms with Crippen LogP contribution in [0, 0.1) is 5.82 Å². The van der Waals surface area contributed by atoms with Gasteiger partial charge in [-0.2, -0.15) is 5.10 Å². The lowest BCUT2D eigenvalue weighted by atomic mass is 10.0. The van der Waals surface area contributed by atoms with Crippen molar-refractivity contribution in [2.24, 2.45) is 5.84 Å². The third-order valence-electron chi connectivity index (χ3n) is 3.01. The van der Waals surface area contributed by atoms with E-state index in [2.05, 4.69) is 26.5 Å². The number of hydrogen-bond acceptors (Lipinski definition) is 4. The Morgan fingerprint density at radius 3 is 2.95 bits per heavy atom. The van der Waals surface area contributed by atoms with Gasteiger partial charge in [0.25, 0.3) is 0 Å². The summed E-state index contributed by atoms with van der Waals surface area (Å²) in [5, 5.41) is 4.21. The number of nitrogens with zero attached hydrogens (tertiary/aromatic N) is 2. The number of ether oxygens (including phenoxy) is 1. The molecule has 0 saturated carbocycles. The fourth-order valence-corrected chi connectivity index (χ4v) is 2.63. The zero-order valence-corrected chi connectivity index (χ0v) is 12.6. The Bertz CT molecular complexity index is 555. The number of nitrogens with two attached hydrogens (primary N) is 1. The second-order valence-corrected chi connectivity index (χ2v) is 5.06. The van der Waals surface area contributed by atoms with Crippen molar-refractivity contribution >= 4 is 15.9 Å². The molecular formula is C13H16BrFN4O. The molecule has 1 atom stereocenters. The molecule has 0 fully saturated rings. The molecule has 0 bridgehead atoms. The van der Waals surface area contributed by atoms with Crippen molar-refractivity contribution in [2.45, 2.75) is 12.6 Å². The molecule has 7 heteroatoms.